The van der Waals surface area contributed by atoms with Gasteiger partial charge in [-0.05, 0) is 110 Å². The van der Waals surface area contributed by atoms with Gasteiger partial charge >= 0.3 is 23.9 Å². The molecule has 0 heterocycles. The summed E-state index contributed by atoms with van der Waals surface area (Å²) in [5.41, 5.74) is 0.394. The number of ketones is 2. The molecular weight excluding hydrogens is 863 g/mol. The smallest absolute Gasteiger partial charge is 0.343 e. The van der Waals surface area contributed by atoms with Crippen LogP contribution in [0.5, 0.6) is 23.0 Å². The zero-order chi connectivity index (χ0) is 45.8. The van der Waals surface area contributed by atoms with E-state index in [1.54, 1.807) is 48.5 Å². The van der Waals surface area contributed by atoms with E-state index in [1.807, 2.05) is 0 Å². The lowest BCUT2D eigenvalue weighted by Gasteiger charge is -2.17. The van der Waals surface area contributed by atoms with Gasteiger partial charge in [0, 0.05) is 0 Å². The summed E-state index contributed by atoms with van der Waals surface area (Å²) in [7, 11) is 0. The summed E-state index contributed by atoms with van der Waals surface area (Å²) < 4.78 is 32.7. The van der Waals surface area contributed by atoms with Gasteiger partial charge in [0.15, 0.2) is 0 Å². The first-order chi connectivity index (χ1) is 31.0. The second kappa shape index (κ2) is 25.2. The first-order valence-corrected chi connectivity index (χ1v) is 22.2. The molecule has 5 rings (SSSR count). The van der Waals surface area contributed by atoms with Crippen molar-refractivity contribution >= 4 is 58.6 Å². The minimum absolute atomic E-state index is 0.0862. The van der Waals surface area contributed by atoms with Gasteiger partial charge in [-0.2, -0.15) is 0 Å². The summed E-state index contributed by atoms with van der Waals surface area (Å²) >= 11 is 12.3. The quantitative estimate of drug-likeness (QED) is 0.0284. The molecule has 0 saturated carbocycles. The molecule has 64 heavy (non-hydrogen) atoms. The maximum atomic E-state index is 13.1. The second-order valence-electron chi connectivity index (χ2n) is 14.8. The lowest BCUT2D eigenvalue weighted by atomic mass is 10.1. The molecule has 0 N–H and O–H groups in total. The predicted molar refractivity (Wildman–Crippen MR) is 240 cm³/mol. The maximum Gasteiger partial charge on any atom is 0.343 e. The highest BCUT2D eigenvalue weighted by Crippen LogP contribution is 2.32. The molecule has 336 valence electrons. The third-order valence-electron chi connectivity index (χ3n) is 9.91. The van der Waals surface area contributed by atoms with Gasteiger partial charge in [0.2, 0.25) is 23.1 Å². The number of hydrogen-bond donors (Lipinski definition) is 0. The third kappa shape index (κ3) is 14.4. The van der Waals surface area contributed by atoms with Crippen LogP contribution in [0.1, 0.15) is 132 Å². The Morgan fingerprint density at radius 3 is 0.953 bits per heavy atom. The summed E-state index contributed by atoms with van der Waals surface area (Å²) in [6.07, 6.45) is 13.8. The molecule has 1 aliphatic rings. The number of benzene rings is 4. The fourth-order valence-electron chi connectivity index (χ4n) is 6.26. The first-order valence-electron chi connectivity index (χ1n) is 21.4. The second-order valence-corrected chi connectivity index (χ2v) is 15.6. The number of halogens is 2. The Kier molecular flexibility index (Phi) is 19.2. The fraction of sp³-hybridized carbons (Fsp3) is 0.320. The topological polar surface area (TPSA) is 158 Å². The Bertz CT molecular complexity index is 2150. The number of esters is 4. The zero-order valence-electron chi connectivity index (χ0n) is 35.8. The van der Waals surface area contributed by atoms with Gasteiger partial charge in [-0.1, -0.05) is 101 Å². The molecule has 0 fully saturated rings. The average Bonchev–Trinajstić information content (AvgIpc) is 3.31. The largest absolute Gasteiger partial charge is 0.494 e. The highest BCUT2D eigenvalue weighted by atomic mass is 35.5. The molecule has 0 spiro atoms. The van der Waals surface area contributed by atoms with Crippen molar-refractivity contribution in [2.75, 3.05) is 13.2 Å². The Balaban J connectivity index is 1.08. The summed E-state index contributed by atoms with van der Waals surface area (Å²) in [6.45, 7) is 5.54. The molecule has 1 aliphatic carbocycles. The summed E-state index contributed by atoms with van der Waals surface area (Å²) in [4.78, 5) is 77.7. The molecule has 0 bridgehead atoms. The molecule has 4 aromatic carbocycles. The van der Waals surface area contributed by atoms with Crippen LogP contribution < -0.4 is 18.9 Å². The van der Waals surface area contributed by atoms with Gasteiger partial charge in [-0.15, -0.1) is 0 Å². The van der Waals surface area contributed by atoms with E-state index in [2.05, 4.69) is 13.8 Å². The highest BCUT2D eigenvalue weighted by molar-refractivity contribution is 6.55. The van der Waals surface area contributed by atoms with E-state index in [9.17, 15) is 28.8 Å². The van der Waals surface area contributed by atoms with Crippen molar-refractivity contribution in [3.05, 3.63) is 141 Å². The molecule has 0 aliphatic heterocycles. The van der Waals surface area contributed by atoms with E-state index < -0.39 is 57.0 Å². The van der Waals surface area contributed by atoms with Gasteiger partial charge < -0.3 is 28.4 Å². The molecule has 12 nitrogen and oxygen atoms in total. The third-order valence-corrected chi connectivity index (χ3v) is 10.6. The van der Waals surface area contributed by atoms with Gasteiger partial charge in [-0.25, -0.2) is 19.2 Å². The van der Waals surface area contributed by atoms with Crippen molar-refractivity contribution < 1.29 is 57.2 Å². The number of rotatable bonds is 24. The Labute approximate surface area is 382 Å². The SMILES string of the molecule is CCCCCCCCOc1ccc(C(=O)Oc2ccc(C(=O)OC3=C(Cl)C(=O)C(OC(=O)c4ccc(OC(=O)c5ccc(OCCCCCCCC)cc5)cc4)=C(Cl)C3=O)cc2)cc1. The van der Waals surface area contributed by atoms with Gasteiger partial charge in [0.1, 0.15) is 33.1 Å². The standard InChI is InChI=1S/C50H50Cl2O12/c1-3-5-7-9-11-13-31-59-37-23-15-33(16-24-37)47(55)61-39-27-19-35(20-28-39)49(57)63-45-41(51)44(54)46(42(52)43(45)53)64-50(58)36-21-29-40(30-22-36)62-48(56)34-17-25-38(26-18-34)60-32-14-12-10-8-6-4-2/h15-30H,3-14,31-32H2,1-2H3. The highest BCUT2D eigenvalue weighted by Gasteiger charge is 2.38. The monoisotopic (exact) mass is 912 g/mol. The summed E-state index contributed by atoms with van der Waals surface area (Å²) in [5.74, 6) is -6.07. The molecule has 4 aromatic rings. The van der Waals surface area contributed by atoms with Crippen LogP contribution in [0, 0.1) is 0 Å². The molecule has 14 heteroatoms. The molecule has 0 unspecified atom stereocenters. The van der Waals surface area contributed by atoms with Gasteiger partial charge in [0.25, 0.3) is 0 Å². The van der Waals surface area contributed by atoms with Crippen LogP contribution in [0.2, 0.25) is 0 Å². The summed E-state index contributed by atoms with van der Waals surface area (Å²) in [6, 6.07) is 23.5. The van der Waals surface area contributed by atoms with Crippen molar-refractivity contribution in [3.63, 3.8) is 0 Å². The lowest BCUT2D eigenvalue weighted by Crippen LogP contribution is -2.26. The van der Waals surface area contributed by atoms with Crippen molar-refractivity contribution in [1.29, 1.82) is 0 Å². The molecular formula is C50H50Cl2O12. The zero-order valence-corrected chi connectivity index (χ0v) is 37.3. The number of allylic oxidation sites excluding steroid dienone is 2. The number of Topliss-reactive ketones (excluding diaryl/α,β-unsaturated/α-hetero) is 2. The normalized spacial score (nSPS) is 12.5. The average molecular weight is 914 g/mol. The summed E-state index contributed by atoms with van der Waals surface area (Å²) in [5, 5.41) is -1.70. The van der Waals surface area contributed by atoms with Gasteiger partial charge in [0.05, 0.1) is 35.5 Å². The molecule has 0 amide bonds. The van der Waals surface area contributed by atoms with E-state index in [1.165, 1.54) is 99.9 Å². The predicted octanol–water partition coefficient (Wildman–Crippen LogP) is 11.7. The van der Waals surface area contributed by atoms with Crippen LogP contribution in [0.4, 0.5) is 0 Å². The van der Waals surface area contributed by atoms with E-state index in [4.69, 9.17) is 51.6 Å². The number of carbonyl (C=O) groups excluding carboxylic acids is 6. The molecule has 0 atom stereocenters. The number of unbranched alkanes of at least 4 members (excludes halogenated alkanes) is 10. The lowest BCUT2D eigenvalue weighted by molar-refractivity contribution is -0.119. The maximum absolute atomic E-state index is 13.1. The Morgan fingerprint density at radius 1 is 0.375 bits per heavy atom. The molecule has 0 aromatic heterocycles. The number of ether oxygens (including phenoxy) is 6. The van der Waals surface area contributed by atoms with Crippen LogP contribution >= 0.6 is 23.2 Å². The molecule has 0 radical (unpaired) electrons. The van der Waals surface area contributed by atoms with Crippen molar-refractivity contribution in [2.24, 2.45) is 0 Å². The first kappa shape index (κ1) is 48.8. The van der Waals surface area contributed by atoms with Crippen LogP contribution in [0.3, 0.4) is 0 Å². The van der Waals surface area contributed by atoms with Crippen LogP contribution in [0.15, 0.2) is 119 Å². The van der Waals surface area contributed by atoms with E-state index in [0.717, 1.165) is 25.7 Å². The number of hydrogen-bond acceptors (Lipinski definition) is 12. The van der Waals surface area contributed by atoms with E-state index in [-0.39, 0.29) is 33.8 Å². The van der Waals surface area contributed by atoms with Crippen molar-refractivity contribution in [2.45, 2.75) is 90.9 Å². The van der Waals surface area contributed by atoms with Crippen LogP contribution in [0.25, 0.3) is 0 Å². The number of carbonyl (C=O) groups is 6. The Hall–Kier alpha value is -6.24. The molecule has 0 saturated heterocycles. The minimum atomic E-state index is -1.19. The van der Waals surface area contributed by atoms with E-state index >= 15 is 0 Å². The van der Waals surface area contributed by atoms with E-state index in [0.29, 0.717) is 24.7 Å². The minimum Gasteiger partial charge on any atom is -0.494 e. The van der Waals surface area contributed by atoms with Crippen molar-refractivity contribution in [1.82, 2.24) is 0 Å². The van der Waals surface area contributed by atoms with Crippen LogP contribution in [-0.4, -0.2) is 48.7 Å². The van der Waals surface area contributed by atoms with Gasteiger partial charge in [-0.3, -0.25) is 9.59 Å². The Morgan fingerprint density at radius 2 is 0.641 bits per heavy atom. The van der Waals surface area contributed by atoms with Crippen molar-refractivity contribution in [3.8, 4) is 23.0 Å². The fourth-order valence-corrected chi connectivity index (χ4v) is 6.68. The van der Waals surface area contributed by atoms with Crippen LogP contribution in [-0.2, 0) is 19.1 Å².